The Labute approximate surface area is 128 Å². The van der Waals surface area contributed by atoms with E-state index in [-0.39, 0.29) is 11.5 Å². The summed E-state index contributed by atoms with van der Waals surface area (Å²) in [5.41, 5.74) is 2.67. The van der Waals surface area contributed by atoms with Gasteiger partial charge in [-0.05, 0) is 29.4 Å². The van der Waals surface area contributed by atoms with Crippen LogP contribution in [0.1, 0.15) is 38.8 Å². The van der Waals surface area contributed by atoms with Crippen molar-refractivity contribution in [1.29, 1.82) is 0 Å². The van der Waals surface area contributed by atoms with E-state index < -0.39 is 0 Å². The second kappa shape index (κ2) is 8.50. The maximum Gasteiger partial charge on any atom is 0.407 e. The number of allylic oxidation sites excluding steroid dienone is 1. The van der Waals surface area contributed by atoms with E-state index in [4.69, 9.17) is 4.74 Å². The fourth-order valence-corrected chi connectivity index (χ4v) is 1.83. The first-order chi connectivity index (χ1) is 9.90. The predicted octanol–water partition coefficient (Wildman–Crippen LogP) is 4.12. The van der Waals surface area contributed by atoms with Crippen molar-refractivity contribution < 1.29 is 9.53 Å². The van der Waals surface area contributed by atoms with E-state index in [2.05, 4.69) is 57.3 Å². The van der Waals surface area contributed by atoms with Crippen LogP contribution in [0.25, 0.3) is 0 Å². The zero-order chi connectivity index (χ0) is 15.7. The minimum atomic E-state index is -0.362. The third-order valence-corrected chi connectivity index (χ3v) is 3.04. The average molecular weight is 289 g/mol. The molecule has 116 valence electrons. The summed E-state index contributed by atoms with van der Waals surface area (Å²) in [6.07, 6.45) is 5.42. The number of hydrogen-bond acceptors (Lipinski definition) is 2. The molecule has 0 bridgehead atoms. The molecule has 0 fully saturated rings. The number of hydrogen-bond donors (Lipinski definition) is 1. The molecule has 1 aromatic carbocycles. The minimum absolute atomic E-state index is 0.116. The standard InChI is InChI=1S/C18H27NO2/c1-5-15-7-9-16(10-8-15)11-13-19-17(20)21-14-6-12-18(2,3)4/h6-10,12H,5,11,13-14H2,1-4H3,(H,19,20). The molecule has 0 saturated heterocycles. The number of amides is 1. The van der Waals surface area contributed by atoms with Gasteiger partial charge in [-0.15, -0.1) is 0 Å². The van der Waals surface area contributed by atoms with E-state index in [1.807, 2.05) is 12.2 Å². The molecule has 0 heterocycles. The van der Waals surface area contributed by atoms with Gasteiger partial charge in [-0.25, -0.2) is 4.79 Å². The lowest BCUT2D eigenvalue weighted by molar-refractivity contribution is 0.158. The third-order valence-electron chi connectivity index (χ3n) is 3.04. The lowest BCUT2D eigenvalue weighted by atomic mass is 9.96. The average Bonchev–Trinajstić information content (AvgIpc) is 2.43. The lowest BCUT2D eigenvalue weighted by Gasteiger charge is -2.11. The van der Waals surface area contributed by atoms with Crippen LogP contribution in [0.15, 0.2) is 36.4 Å². The van der Waals surface area contributed by atoms with E-state index in [9.17, 15) is 4.79 Å². The summed E-state index contributed by atoms with van der Waals surface area (Å²) in [5, 5.41) is 2.76. The van der Waals surface area contributed by atoms with Crippen LogP contribution in [0, 0.1) is 5.41 Å². The monoisotopic (exact) mass is 289 g/mol. The molecule has 0 radical (unpaired) electrons. The van der Waals surface area contributed by atoms with Crippen LogP contribution >= 0.6 is 0 Å². The molecule has 0 saturated carbocycles. The molecule has 1 N–H and O–H groups in total. The first-order valence-electron chi connectivity index (χ1n) is 7.57. The Kier molecular flexibility index (Phi) is 7.00. The molecule has 21 heavy (non-hydrogen) atoms. The van der Waals surface area contributed by atoms with Crippen LogP contribution in [0.4, 0.5) is 4.79 Å². The molecule has 3 heteroatoms. The largest absolute Gasteiger partial charge is 0.445 e. The van der Waals surface area contributed by atoms with E-state index in [1.54, 1.807) is 0 Å². The smallest absolute Gasteiger partial charge is 0.407 e. The van der Waals surface area contributed by atoms with Crippen molar-refractivity contribution in [1.82, 2.24) is 5.32 Å². The predicted molar refractivity (Wildman–Crippen MR) is 87.5 cm³/mol. The van der Waals surface area contributed by atoms with Crippen LogP contribution in [-0.2, 0) is 17.6 Å². The van der Waals surface area contributed by atoms with Gasteiger partial charge in [-0.2, -0.15) is 0 Å². The van der Waals surface area contributed by atoms with Gasteiger partial charge in [0, 0.05) is 6.54 Å². The summed E-state index contributed by atoms with van der Waals surface area (Å²) in [4.78, 5) is 11.5. The summed E-state index contributed by atoms with van der Waals surface area (Å²) in [7, 11) is 0. The summed E-state index contributed by atoms with van der Waals surface area (Å²) >= 11 is 0. The molecular formula is C18H27NO2. The third kappa shape index (κ3) is 8.18. The lowest BCUT2D eigenvalue weighted by Crippen LogP contribution is -2.26. The Morgan fingerprint density at radius 3 is 2.38 bits per heavy atom. The number of ether oxygens (including phenoxy) is 1. The van der Waals surface area contributed by atoms with Gasteiger partial charge in [0.15, 0.2) is 0 Å². The summed E-state index contributed by atoms with van der Waals surface area (Å²) in [5.74, 6) is 0. The first kappa shape index (κ1) is 17.3. The fraction of sp³-hybridized carbons (Fsp3) is 0.500. The highest BCUT2D eigenvalue weighted by molar-refractivity contribution is 5.67. The number of carbonyl (C=O) groups excluding carboxylic acids is 1. The van der Waals surface area contributed by atoms with Gasteiger partial charge < -0.3 is 10.1 Å². The van der Waals surface area contributed by atoms with Crippen molar-refractivity contribution in [2.75, 3.05) is 13.2 Å². The molecule has 0 aliphatic carbocycles. The van der Waals surface area contributed by atoms with Crippen LogP contribution in [-0.4, -0.2) is 19.2 Å². The quantitative estimate of drug-likeness (QED) is 0.800. The van der Waals surface area contributed by atoms with E-state index in [0.717, 1.165) is 12.8 Å². The number of rotatable bonds is 6. The Hall–Kier alpha value is -1.77. The molecule has 0 aliphatic rings. The second-order valence-corrected chi connectivity index (χ2v) is 6.21. The topological polar surface area (TPSA) is 38.3 Å². The summed E-state index contributed by atoms with van der Waals surface area (Å²) in [6.45, 7) is 9.36. The van der Waals surface area contributed by atoms with Crippen molar-refractivity contribution in [2.45, 2.75) is 40.5 Å². The molecule has 0 unspecified atom stereocenters. The van der Waals surface area contributed by atoms with Gasteiger partial charge in [0.05, 0.1) is 0 Å². The Morgan fingerprint density at radius 2 is 1.81 bits per heavy atom. The number of benzene rings is 1. The van der Waals surface area contributed by atoms with Crippen LogP contribution < -0.4 is 5.32 Å². The molecule has 1 aromatic rings. The van der Waals surface area contributed by atoms with Crippen molar-refractivity contribution in [2.24, 2.45) is 5.41 Å². The second-order valence-electron chi connectivity index (χ2n) is 6.21. The molecular weight excluding hydrogens is 262 g/mol. The zero-order valence-corrected chi connectivity index (χ0v) is 13.6. The maximum absolute atomic E-state index is 11.5. The molecule has 0 atom stereocenters. The fourth-order valence-electron chi connectivity index (χ4n) is 1.83. The van der Waals surface area contributed by atoms with Crippen molar-refractivity contribution in [3.05, 3.63) is 47.5 Å². The first-order valence-corrected chi connectivity index (χ1v) is 7.57. The zero-order valence-electron chi connectivity index (χ0n) is 13.6. The van der Waals surface area contributed by atoms with E-state index in [0.29, 0.717) is 13.2 Å². The Bertz CT molecular complexity index is 455. The SMILES string of the molecule is CCc1ccc(CCNC(=O)OCC=CC(C)(C)C)cc1. The highest BCUT2D eigenvalue weighted by Crippen LogP contribution is 2.13. The molecule has 0 spiro atoms. The number of nitrogens with one attached hydrogen (secondary N) is 1. The highest BCUT2D eigenvalue weighted by Gasteiger charge is 2.04. The highest BCUT2D eigenvalue weighted by atomic mass is 16.5. The number of carbonyl (C=O) groups is 1. The summed E-state index contributed by atoms with van der Waals surface area (Å²) < 4.78 is 5.08. The van der Waals surface area contributed by atoms with Crippen LogP contribution in [0.3, 0.4) is 0 Å². The molecule has 0 aromatic heterocycles. The van der Waals surface area contributed by atoms with E-state index >= 15 is 0 Å². The normalized spacial score (nSPS) is 11.6. The van der Waals surface area contributed by atoms with Gasteiger partial charge in [0.2, 0.25) is 0 Å². The van der Waals surface area contributed by atoms with E-state index in [1.165, 1.54) is 11.1 Å². The molecule has 3 nitrogen and oxygen atoms in total. The van der Waals surface area contributed by atoms with Crippen LogP contribution in [0.2, 0.25) is 0 Å². The van der Waals surface area contributed by atoms with Gasteiger partial charge in [0.25, 0.3) is 0 Å². The van der Waals surface area contributed by atoms with Crippen LogP contribution in [0.5, 0.6) is 0 Å². The molecule has 0 aliphatic heterocycles. The maximum atomic E-state index is 11.5. The van der Waals surface area contributed by atoms with Gasteiger partial charge in [0.1, 0.15) is 6.61 Å². The Morgan fingerprint density at radius 1 is 1.19 bits per heavy atom. The van der Waals surface area contributed by atoms with Crippen molar-refractivity contribution in [3.8, 4) is 0 Å². The number of alkyl carbamates (subject to hydrolysis) is 1. The van der Waals surface area contributed by atoms with Gasteiger partial charge in [-0.3, -0.25) is 0 Å². The van der Waals surface area contributed by atoms with Crippen molar-refractivity contribution in [3.63, 3.8) is 0 Å². The minimum Gasteiger partial charge on any atom is -0.445 e. The molecule has 1 amide bonds. The van der Waals surface area contributed by atoms with Gasteiger partial charge >= 0.3 is 6.09 Å². The van der Waals surface area contributed by atoms with Gasteiger partial charge in [-0.1, -0.05) is 64.1 Å². The Balaban J connectivity index is 2.19. The summed E-state index contributed by atoms with van der Waals surface area (Å²) in [6, 6.07) is 8.48. The van der Waals surface area contributed by atoms with Crippen molar-refractivity contribution >= 4 is 6.09 Å². The number of aryl methyl sites for hydroxylation is 1. The molecule has 1 rings (SSSR count).